The normalized spacial score (nSPS) is 11.8. The van der Waals surface area contributed by atoms with Gasteiger partial charge in [-0.15, -0.1) is 0 Å². The summed E-state index contributed by atoms with van der Waals surface area (Å²) < 4.78 is 27.2. The van der Waals surface area contributed by atoms with Crippen LogP contribution in [0.2, 0.25) is 0 Å². The number of rotatable bonds is 13. The van der Waals surface area contributed by atoms with E-state index in [9.17, 15) is 9.90 Å². The molecule has 0 aromatic heterocycles. The summed E-state index contributed by atoms with van der Waals surface area (Å²) >= 11 is 0. The van der Waals surface area contributed by atoms with Gasteiger partial charge >= 0.3 is 0 Å². The van der Waals surface area contributed by atoms with Gasteiger partial charge in [0.25, 0.3) is 0 Å². The number of carbonyl (C=O) groups is 1. The number of carbonyl (C=O) groups excluding carboxylic acids is 1. The van der Waals surface area contributed by atoms with Crippen molar-refractivity contribution in [1.29, 1.82) is 0 Å². The summed E-state index contributed by atoms with van der Waals surface area (Å²) in [4.78, 5) is 11.7. The summed E-state index contributed by atoms with van der Waals surface area (Å²) in [7, 11) is 6.19. The number of aldehydes is 1. The molecule has 7 nitrogen and oxygen atoms in total. The second-order valence-corrected chi connectivity index (χ2v) is 7.87. The van der Waals surface area contributed by atoms with Gasteiger partial charge in [0.2, 0.25) is 0 Å². The second kappa shape index (κ2) is 12.2. The predicted molar refractivity (Wildman–Crippen MR) is 122 cm³/mol. The summed E-state index contributed by atoms with van der Waals surface area (Å²) in [5.74, 6) is 2.12. The molecule has 2 aromatic rings. The topological polar surface area (TPSA) is 83.5 Å². The SMILES string of the molecule is COCOc1cc(C(CC=O)c2c(OC)cc(OC)c(CCC(C)C)c2O)ccc1OC. The number of aromatic hydroxyl groups is 1. The molecule has 0 spiro atoms. The van der Waals surface area contributed by atoms with Crippen LogP contribution in [-0.4, -0.2) is 46.6 Å². The van der Waals surface area contributed by atoms with Gasteiger partial charge in [0.1, 0.15) is 23.5 Å². The third kappa shape index (κ3) is 5.85. The van der Waals surface area contributed by atoms with Crippen LogP contribution in [0.1, 0.15) is 49.3 Å². The highest BCUT2D eigenvalue weighted by Gasteiger charge is 2.27. The molecule has 1 unspecified atom stereocenters. The molecule has 0 aliphatic carbocycles. The highest BCUT2D eigenvalue weighted by molar-refractivity contribution is 5.64. The van der Waals surface area contributed by atoms with Crippen molar-refractivity contribution in [3.63, 3.8) is 0 Å². The van der Waals surface area contributed by atoms with Gasteiger partial charge in [-0.2, -0.15) is 0 Å². The molecule has 0 amide bonds. The third-order valence-electron chi connectivity index (χ3n) is 5.38. The maximum absolute atomic E-state index is 11.7. The Hall–Kier alpha value is -2.93. The Bertz CT molecular complexity index is 892. The van der Waals surface area contributed by atoms with Gasteiger partial charge in [-0.05, 0) is 36.5 Å². The Morgan fingerprint density at radius 3 is 2.19 bits per heavy atom. The Balaban J connectivity index is 2.66. The van der Waals surface area contributed by atoms with Gasteiger partial charge in [-0.3, -0.25) is 0 Å². The maximum Gasteiger partial charge on any atom is 0.188 e. The monoisotopic (exact) mass is 446 g/mol. The van der Waals surface area contributed by atoms with E-state index >= 15 is 0 Å². The van der Waals surface area contributed by atoms with E-state index in [0.717, 1.165) is 18.3 Å². The van der Waals surface area contributed by atoms with Crippen LogP contribution in [0.4, 0.5) is 0 Å². The van der Waals surface area contributed by atoms with Crippen LogP contribution < -0.4 is 18.9 Å². The average Bonchev–Trinajstić information content (AvgIpc) is 2.79. The van der Waals surface area contributed by atoms with Gasteiger partial charge in [-0.25, -0.2) is 0 Å². The quantitative estimate of drug-likeness (QED) is 0.352. The summed E-state index contributed by atoms with van der Waals surface area (Å²) in [6, 6.07) is 7.19. The molecule has 0 aliphatic rings. The first-order chi connectivity index (χ1) is 15.4. The van der Waals surface area contributed by atoms with E-state index in [4.69, 9.17) is 23.7 Å². The highest BCUT2D eigenvalue weighted by atomic mass is 16.7. The molecule has 176 valence electrons. The minimum absolute atomic E-state index is 0.0502. The molecule has 32 heavy (non-hydrogen) atoms. The second-order valence-electron chi connectivity index (χ2n) is 7.87. The van der Waals surface area contributed by atoms with Crippen LogP contribution >= 0.6 is 0 Å². The molecule has 2 aromatic carbocycles. The lowest BCUT2D eigenvalue weighted by atomic mass is 9.85. The molecule has 2 rings (SSSR count). The molecular formula is C25H34O7. The highest BCUT2D eigenvalue weighted by Crippen LogP contribution is 2.47. The zero-order valence-electron chi connectivity index (χ0n) is 19.8. The van der Waals surface area contributed by atoms with E-state index in [1.807, 2.05) is 6.07 Å². The smallest absolute Gasteiger partial charge is 0.188 e. The fourth-order valence-corrected chi connectivity index (χ4v) is 3.70. The third-order valence-corrected chi connectivity index (χ3v) is 5.38. The zero-order valence-corrected chi connectivity index (χ0v) is 19.8. The summed E-state index contributed by atoms with van der Waals surface area (Å²) in [5.41, 5.74) is 2.02. The van der Waals surface area contributed by atoms with Crippen LogP contribution in [0.5, 0.6) is 28.7 Å². The molecule has 1 N–H and O–H groups in total. The number of methoxy groups -OCH3 is 4. The molecule has 0 saturated heterocycles. The molecule has 0 bridgehead atoms. The van der Waals surface area contributed by atoms with E-state index in [1.165, 1.54) is 14.2 Å². The number of phenolic OH excluding ortho intramolecular Hbond substituents is 1. The van der Waals surface area contributed by atoms with Crippen molar-refractivity contribution in [2.75, 3.05) is 35.2 Å². The van der Waals surface area contributed by atoms with E-state index in [1.54, 1.807) is 32.4 Å². The first-order valence-electron chi connectivity index (χ1n) is 10.6. The van der Waals surface area contributed by atoms with Gasteiger partial charge in [0.05, 0.1) is 21.3 Å². The average molecular weight is 447 g/mol. The van der Waals surface area contributed by atoms with E-state index < -0.39 is 5.92 Å². The summed E-state index contributed by atoms with van der Waals surface area (Å²) in [5, 5.41) is 11.3. The minimum atomic E-state index is -0.457. The summed E-state index contributed by atoms with van der Waals surface area (Å²) in [6.07, 6.45) is 2.51. The molecular weight excluding hydrogens is 412 g/mol. The molecule has 0 saturated carbocycles. The van der Waals surface area contributed by atoms with Crippen molar-refractivity contribution in [2.24, 2.45) is 5.92 Å². The Morgan fingerprint density at radius 2 is 1.62 bits per heavy atom. The van der Waals surface area contributed by atoms with Crippen molar-refractivity contribution >= 4 is 6.29 Å². The molecule has 0 aliphatic heterocycles. The van der Waals surface area contributed by atoms with Crippen molar-refractivity contribution in [1.82, 2.24) is 0 Å². The number of ether oxygens (including phenoxy) is 5. The zero-order chi connectivity index (χ0) is 23.7. The first kappa shape index (κ1) is 25.3. The van der Waals surface area contributed by atoms with Crippen molar-refractivity contribution in [3.8, 4) is 28.7 Å². The number of hydrogen-bond acceptors (Lipinski definition) is 7. The molecule has 0 radical (unpaired) electrons. The fourth-order valence-electron chi connectivity index (χ4n) is 3.70. The molecule has 0 fully saturated rings. The lowest BCUT2D eigenvalue weighted by molar-refractivity contribution is -0.108. The molecule has 1 atom stereocenters. The van der Waals surface area contributed by atoms with Crippen molar-refractivity contribution in [3.05, 3.63) is 41.0 Å². The first-order valence-corrected chi connectivity index (χ1v) is 10.6. The van der Waals surface area contributed by atoms with Crippen LogP contribution in [0.25, 0.3) is 0 Å². The van der Waals surface area contributed by atoms with E-state index in [-0.39, 0.29) is 19.0 Å². The predicted octanol–water partition coefficient (Wildman–Crippen LogP) is 4.71. The number of benzene rings is 2. The largest absolute Gasteiger partial charge is 0.507 e. The van der Waals surface area contributed by atoms with Crippen LogP contribution in [0.3, 0.4) is 0 Å². The Kier molecular flexibility index (Phi) is 9.65. The van der Waals surface area contributed by atoms with E-state index in [0.29, 0.717) is 46.5 Å². The van der Waals surface area contributed by atoms with Gasteiger partial charge in [0.15, 0.2) is 18.3 Å². The molecule has 0 heterocycles. The van der Waals surface area contributed by atoms with E-state index in [2.05, 4.69) is 13.8 Å². The fraction of sp³-hybridized carbons (Fsp3) is 0.480. The standard InChI is InChI=1S/C25H34O7/c1-16(2)7-9-19-21(30-5)14-23(31-6)24(25(19)27)18(11-12-26)17-8-10-20(29-4)22(13-17)32-15-28-3/h8,10,12-14,16,18,27H,7,9,11,15H2,1-6H3. The Morgan fingerprint density at radius 1 is 0.938 bits per heavy atom. The number of hydrogen-bond donors (Lipinski definition) is 1. The van der Waals surface area contributed by atoms with Crippen LogP contribution in [0, 0.1) is 5.92 Å². The molecule has 7 heteroatoms. The van der Waals surface area contributed by atoms with Crippen LogP contribution in [0.15, 0.2) is 24.3 Å². The minimum Gasteiger partial charge on any atom is -0.507 e. The lowest BCUT2D eigenvalue weighted by Crippen LogP contribution is -2.09. The maximum atomic E-state index is 11.7. The van der Waals surface area contributed by atoms with Gasteiger partial charge < -0.3 is 33.6 Å². The summed E-state index contributed by atoms with van der Waals surface area (Å²) in [6.45, 7) is 4.30. The Labute approximate surface area is 190 Å². The van der Waals surface area contributed by atoms with Crippen molar-refractivity contribution in [2.45, 2.75) is 39.0 Å². The lowest BCUT2D eigenvalue weighted by Gasteiger charge is -2.24. The van der Waals surface area contributed by atoms with Gasteiger partial charge in [0, 0.05) is 36.6 Å². The van der Waals surface area contributed by atoms with Crippen molar-refractivity contribution < 1.29 is 33.6 Å². The van der Waals surface area contributed by atoms with Crippen LogP contribution in [-0.2, 0) is 16.0 Å². The number of phenols is 1. The van der Waals surface area contributed by atoms with Gasteiger partial charge in [-0.1, -0.05) is 19.9 Å².